The molecule has 0 radical (unpaired) electrons. The van der Waals surface area contributed by atoms with E-state index in [2.05, 4.69) is 11.9 Å². The van der Waals surface area contributed by atoms with Crippen molar-refractivity contribution in [1.82, 2.24) is 0 Å². The standard InChI is InChI=1S/C11H12N2O2/c1-12-6-5-10-8-9(2-3-11(10)12)4-7-13(14)15/h2-4,7-8H,5-6H2,1H3. The van der Waals surface area contributed by atoms with Crippen LogP contribution in [0.5, 0.6) is 0 Å². The van der Waals surface area contributed by atoms with Gasteiger partial charge in [-0.3, -0.25) is 10.1 Å². The normalized spacial score (nSPS) is 14.6. The summed E-state index contributed by atoms with van der Waals surface area (Å²) in [5.41, 5.74) is 3.39. The van der Waals surface area contributed by atoms with Crippen LogP contribution in [0.2, 0.25) is 0 Å². The van der Waals surface area contributed by atoms with Crippen LogP contribution in [0, 0.1) is 10.1 Å². The van der Waals surface area contributed by atoms with E-state index in [-0.39, 0.29) is 0 Å². The molecule has 2 rings (SSSR count). The highest BCUT2D eigenvalue weighted by Gasteiger charge is 2.14. The number of rotatable bonds is 2. The molecular formula is C11H12N2O2. The molecule has 0 saturated heterocycles. The monoisotopic (exact) mass is 204 g/mol. The Bertz CT molecular complexity index is 427. The molecule has 15 heavy (non-hydrogen) atoms. The first-order chi connectivity index (χ1) is 7.16. The summed E-state index contributed by atoms with van der Waals surface area (Å²) in [4.78, 5) is 11.9. The zero-order valence-electron chi connectivity index (χ0n) is 8.51. The highest BCUT2D eigenvalue weighted by atomic mass is 16.6. The molecule has 0 amide bonds. The number of fused-ring (bicyclic) bond motifs is 1. The zero-order valence-corrected chi connectivity index (χ0v) is 8.51. The Morgan fingerprint density at radius 3 is 3.07 bits per heavy atom. The van der Waals surface area contributed by atoms with Crippen molar-refractivity contribution in [3.8, 4) is 0 Å². The summed E-state index contributed by atoms with van der Waals surface area (Å²) in [6.45, 7) is 1.03. The summed E-state index contributed by atoms with van der Waals surface area (Å²) in [6.07, 6.45) is 3.52. The number of hydrogen-bond donors (Lipinski definition) is 0. The molecule has 0 fully saturated rings. The lowest BCUT2D eigenvalue weighted by Crippen LogP contribution is -2.12. The van der Waals surface area contributed by atoms with E-state index in [0.29, 0.717) is 0 Å². The maximum absolute atomic E-state index is 10.2. The summed E-state index contributed by atoms with van der Waals surface area (Å²) in [7, 11) is 2.05. The first-order valence-electron chi connectivity index (χ1n) is 4.82. The van der Waals surface area contributed by atoms with E-state index in [9.17, 15) is 10.1 Å². The van der Waals surface area contributed by atoms with Crippen LogP contribution < -0.4 is 4.90 Å². The molecule has 0 saturated carbocycles. The maximum atomic E-state index is 10.2. The van der Waals surface area contributed by atoms with Gasteiger partial charge in [-0.1, -0.05) is 6.07 Å². The fourth-order valence-corrected chi connectivity index (χ4v) is 1.84. The number of benzene rings is 1. The average Bonchev–Trinajstić information content (AvgIpc) is 2.57. The molecule has 1 heterocycles. The van der Waals surface area contributed by atoms with Crippen LogP contribution >= 0.6 is 0 Å². The fraction of sp³-hybridized carbons (Fsp3) is 0.273. The maximum Gasteiger partial charge on any atom is 0.235 e. The lowest BCUT2D eigenvalue weighted by atomic mass is 10.1. The molecule has 78 valence electrons. The van der Waals surface area contributed by atoms with Crippen molar-refractivity contribution in [1.29, 1.82) is 0 Å². The molecule has 1 aliphatic heterocycles. The second kappa shape index (κ2) is 3.73. The third-order valence-corrected chi connectivity index (χ3v) is 2.62. The first-order valence-corrected chi connectivity index (χ1v) is 4.82. The van der Waals surface area contributed by atoms with Gasteiger partial charge in [-0.15, -0.1) is 0 Å². The zero-order chi connectivity index (χ0) is 10.8. The van der Waals surface area contributed by atoms with Gasteiger partial charge in [0, 0.05) is 25.4 Å². The Balaban J connectivity index is 2.27. The second-order valence-corrected chi connectivity index (χ2v) is 3.66. The van der Waals surface area contributed by atoms with Crippen molar-refractivity contribution in [2.75, 3.05) is 18.5 Å². The molecule has 0 bridgehead atoms. The quantitative estimate of drug-likeness (QED) is 0.546. The van der Waals surface area contributed by atoms with E-state index < -0.39 is 4.92 Å². The van der Waals surface area contributed by atoms with Crippen molar-refractivity contribution in [3.05, 3.63) is 45.6 Å². The number of anilines is 1. The highest BCUT2D eigenvalue weighted by Crippen LogP contribution is 2.27. The van der Waals surface area contributed by atoms with Gasteiger partial charge in [0.1, 0.15) is 0 Å². The van der Waals surface area contributed by atoms with Crippen LogP contribution in [-0.2, 0) is 6.42 Å². The van der Waals surface area contributed by atoms with Gasteiger partial charge in [-0.05, 0) is 29.7 Å². The summed E-state index contributed by atoms with van der Waals surface area (Å²) in [5.74, 6) is 0. The van der Waals surface area contributed by atoms with Gasteiger partial charge in [0.15, 0.2) is 0 Å². The molecular weight excluding hydrogens is 192 g/mol. The summed E-state index contributed by atoms with van der Waals surface area (Å²) < 4.78 is 0. The number of likely N-dealkylation sites (N-methyl/N-ethyl adjacent to an activating group) is 1. The minimum atomic E-state index is -0.445. The van der Waals surface area contributed by atoms with Gasteiger partial charge >= 0.3 is 0 Å². The van der Waals surface area contributed by atoms with Gasteiger partial charge in [-0.25, -0.2) is 0 Å². The van der Waals surface area contributed by atoms with Crippen LogP contribution in [0.15, 0.2) is 24.4 Å². The topological polar surface area (TPSA) is 46.4 Å². The molecule has 0 aromatic heterocycles. The van der Waals surface area contributed by atoms with Crippen molar-refractivity contribution in [2.45, 2.75) is 6.42 Å². The molecule has 0 aliphatic carbocycles. The van der Waals surface area contributed by atoms with Gasteiger partial charge in [0.05, 0.1) is 4.92 Å². The predicted octanol–water partition coefficient (Wildman–Crippen LogP) is 1.93. The van der Waals surface area contributed by atoms with Crippen molar-refractivity contribution < 1.29 is 4.92 Å². The van der Waals surface area contributed by atoms with E-state index in [1.54, 1.807) is 0 Å². The molecule has 0 unspecified atom stereocenters. The SMILES string of the molecule is CN1CCc2cc(C=C[N+](=O)[O-])ccc21. The largest absolute Gasteiger partial charge is 0.374 e. The Kier molecular flexibility index (Phi) is 2.41. The van der Waals surface area contributed by atoms with Crippen LogP contribution in [0.4, 0.5) is 5.69 Å². The molecule has 0 spiro atoms. The van der Waals surface area contributed by atoms with Gasteiger partial charge in [0.25, 0.3) is 0 Å². The second-order valence-electron chi connectivity index (χ2n) is 3.66. The number of hydrogen-bond acceptors (Lipinski definition) is 3. The highest BCUT2D eigenvalue weighted by molar-refractivity contribution is 5.62. The summed E-state index contributed by atoms with van der Waals surface area (Å²) in [6, 6.07) is 5.93. The van der Waals surface area contributed by atoms with Crippen molar-refractivity contribution >= 4 is 11.8 Å². The minimum absolute atomic E-state index is 0.445. The molecule has 1 aromatic rings. The lowest BCUT2D eigenvalue weighted by molar-refractivity contribution is -0.400. The van der Waals surface area contributed by atoms with Crippen molar-refractivity contribution in [3.63, 3.8) is 0 Å². The third kappa shape index (κ3) is 1.98. The van der Waals surface area contributed by atoms with Gasteiger partial charge in [0.2, 0.25) is 6.20 Å². The predicted molar refractivity (Wildman–Crippen MR) is 59.4 cm³/mol. The minimum Gasteiger partial charge on any atom is -0.374 e. The van der Waals surface area contributed by atoms with E-state index in [4.69, 9.17) is 0 Å². The summed E-state index contributed by atoms with van der Waals surface area (Å²) >= 11 is 0. The molecule has 0 N–H and O–H groups in total. The molecule has 1 aliphatic rings. The number of nitrogens with zero attached hydrogens (tertiary/aromatic N) is 2. The Hall–Kier alpha value is -1.84. The van der Waals surface area contributed by atoms with Crippen LogP contribution in [0.1, 0.15) is 11.1 Å². The van der Waals surface area contributed by atoms with Crippen LogP contribution in [-0.4, -0.2) is 18.5 Å². The van der Waals surface area contributed by atoms with E-state index in [0.717, 1.165) is 24.7 Å². The number of nitro groups is 1. The average molecular weight is 204 g/mol. The van der Waals surface area contributed by atoms with Gasteiger partial charge < -0.3 is 4.90 Å². The van der Waals surface area contributed by atoms with E-state index in [1.807, 2.05) is 18.2 Å². The van der Waals surface area contributed by atoms with Gasteiger partial charge in [-0.2, -0.15) is 0 Å². The lowest BCUT2D eigenvalue weighted by Gasteiger charge is -2.11. The third-order valence-electron chi connectivity index (χ3n) is 2.62. The summed E-state index contributed by atoms with van der Waals surface area (Å²) in [5, 5.41) is 10.2. The Labute approximate surface area is 88.0 Å². The van der Waals surface area contributed by atoms with Crippen molar-refractivity contribution in [2.24, 2.45) is 0 Å². The molecule has 0 atom stereocenters. The Morgan fingerprint density at radius 2 is 2.33 bits per heavy atom. The van der Waals surface area contributed by atoms with E-state index in [1.165, 1.54) is 17.3 Å². The smallest absolute Gasteiger partial charge is 0.235 e. The van der Waals surface area contributed by atoms with Crippen LogP contribution in [0.3, 0.4) is 0 Å². The first kappa shape index (κ1) is 9.71. The molecule has 1 aromatic carbocycles. The Morgan fingerprint density at radius 1 is 1.53 bits per heavy atom. The molecule has 4 heteroatoms. The van der Waals surface area contributed by atoms with Crippen LogP contribution in [0.25, 0.3) is 6.08 Å². The fourth-order valence-electron chi connectivity index (χ4n) is 1.84. The molecule has 4 nitrogen and oxygen atoms in total. The van der Waals surface area contributed by atoms with E-state index >= 15 is 0 Å².